The van der Waals surface area contributed by atoms with Gasteiger partial charge in [-0.1, -0.05) is 42.8 Å². The molecular weight excluding hydrogens is 411 g/mol. The van der Waals surface area contributed by atoms with Gasteiger partial charge in [-0.2, -0.15) is 13.2 Å². The van der Waals surface area contributed by atoms with Gasteiger partial charge in [-0.15, -0.1) is 0 Å². The summed E-state index contributed by atoms with van der Waals surface area (Å²) in [5.41, 5.74) is 3.12. The molecule has 2 nitrogen and oxygen atoms in total. The first-order valence-electron chi connectivity index (χ1n) is 10.5. The summed E-state index contributed by atoms with van der Waals surface area (Å²) in [6, 6.07) is 12.1. The fraction of sp³-hybridized carbons (Fsp3) is 0.458. The van der Waals surface area contributed by atoms with Crippen molar-refractivity contribution < 1.29 is 18.0 Å². The number of halogens is 4. The summed E-state index contributed by atoms with van der Waals surface area (Å²) in [4.78, 5) is 13.2. The van der Waals surface area contributed by atoms with Crippen molar-refractivity contribution in [3.05, 3.63) is 64.2 Å². The molecule has 0 bridgehead atoms. The number of alkyl halides is 3. The summed E-state index contributed by atoms with van der Waals surface area (Å²) in [7, 11) is 0. The first-order chi connectivity index (χ1) is 14.2. The summed E-state index contributed by atoms with van der Waals surface area (Å²) >= 11 is 5.90. The standard InChI is InChI=1S/C24H25ClF3NO/c1-14(24(26,27)28)22(18-7-9-19(25)10-8-18)23(30)29-21-13-16(12-15-2-3-15)4-11-20(21)17-5-6-17/h4,7-11,13-15,17,22H,2-3,5-6,12H2,1H3,(H,29,30)/t14-,22+/m1/s1. The highest BCUT2D eigenvalue weighted by molar-refractivity contribution is 6.30. The maximum Gasteiger partial charge on any atom is 0.392 e. The highest BCUT2D eigenvalue weighted by Crippen LogP contribution is 2.45. The van der Waals surface area contributed by atoms with E-state index in [1.54, 1.807) is 0 Å². The normalized spacial score (nSPS) is 18.7. The highest BCUT2D eigenvalue weighted by atomic mass is 35.5. The van der Waals surface area contributed by atoms with Crippen molar-refractivity contribution in [2.24, 2.45) is 11.8 Å². The van der Waals surface area contributed by atoms with Crippen molar-refractivity contribution in [1.82, 2.24) is 0 Å². The van der Waals surface area contributed by atoms with Crippen LogP contribution in [-0.4, -0.2) is 12.1 Å². The van der Waals surface area contributed by atoms with Crippen molar-refractivity contribution in [3.63, 3.8) is 0 Å². The SMILES string of the molecule is C[C@H]([C@H](C(=O)Nc1cc(CC2CC2)ccc1C1CC1)c1ccc(Cl)cc1)C(F)(F)F. The molecule has 2 aromatic rings. The molecule has 0 radical (unpaired) electrons. The van der Waals surface area contributed by atoms with Gasteiger partial charge in [0, 0.05) is 10.7 Å². The van der Waals surface area contributed by atoms with Crippen LogP contribution >= 0.6 is 11.6 Å². The van der Waals surface area contributed by atoms with Gasteiger partial charge in [-0.05, 0) is 78.8 Å². The van der Waals surface area contributed by atoms with Gasteiger partial charge in [0.1, 0.15) is 0 Å². The van der Waals surface area contributed by atoms with Crippen LogP contribution in [0.3, 0.4) is 0 Å². The number of carbonyl (C=O) groups is 1. The molecule has 2 saturated carbocycles. The summed E-state index contributed by atoms with van der Waals surface area (Å²) in [5.74, 6) is -2.73. The quantitative estimate of drug-likeness (QED) is 0.494. The van der Waals surface area contributed by atoms with E-state index in [0.29, 0.717) is 28.1 Å². The maximum atomic E-state index is 13.6. The Bertz CT molecular complexity index is 917. The molecule has 6 heteroatoms. The van der Waals surface area contributed by atoms with Crippen LogP contribution in [0.15, 0.2) is 42.5 Å². The Hall–Kier alpha value is -2.01. The van der Waals surface area contributed by atoms with Crippen LogP contribution in [0.1, 0.15) is 61.1 Å². The molecule has 160 valence electrons. The lowest BCUT2D eigenvalue weighted by Crippen LogP contribution is -2.34. The lowest BCUT2D eigenvalue weighted by atomic mass is 9.85. The predicted molar refractivity (Wildman–Crippen MR) is 113 cm³/mol. The van der Waals surface area contributed by atoms with Crippen molar-refractivity contribution in [2.45, 2.75) is 57.0 Å². The number of rotatable bonds is 7. The third-order valence-corrected chi connectivity index (χ3v) is 6.39. The number of benzene rings is 2. The van der Waals surface area contributed by atoms with Gasteiger partial charge in [0.05, 0.1) is 11.8 Å². The van der Waals surface area contributed by atoms with Crippen LogP contribution in [0, 0.1) is 11.8 Å². The van der Waals surface area contributed by atoms with E-state index in [4.69, 9.17) is 11.6 Å². The molecule has 2 fully saturated rings. The zero-order chi connectivity index (χ0) is 21.5. The molecule has 4 rings (SSSR count). The minimum atomic E-state index is -4.49. The summed E-state index contributed by atoms with van der Waals surface area (Å²) in [6.07, 6.45) is 0.985. The van der Waals surface area contributed by atoms with Crippen LogP contribution in [0.4, 0.5) is 18.9 Å². The van der Waals surface area contributed by atoms with E-state index in [2.05, 4.69) is 11.4 Å². The van der Waals surface area contributed by atoms with Crippen molar-refractivity contribution in [3.8, 4) is 0 Å². The second kappa shape index (κ2) is 8.26. The fourth-order valence-corrected chi connectivity index (χ4v) is 4.11. The Morgan fingerprint density at radius 1 is 1.10 bits per heavy atom. The predicted octanol–water partition coefficient (Wildman–Crippen LogP) is 7.09. The van der Waals surface area contributed by atoms with E-state index in [-0.39, 0.29) is 0 Å². The molecule has 0 aromatic heterocycles. The van der Waals surface area contributed by atoms with E-state index in [1.807, 2.05) is 12.1 Å². The molecule has 30 heavy (non-hydrogen) atoms. The molecule has 0 heterocycles. The molecule has 2 aromatic carbocycles. The van der Waals surface area contributed by atoms with Crippen LogP contribution in [-0.2, 0) is 11.2 Å². The van der Waals surface area contributed by atoms with Gasteiger partial charge >= 0.3 is 6.18 Å². The largest absolute Gasteiger partial charge is 0.392 e. The number of anilines is 1. The molecule has 1 N–H and O–H groups in total. The third kappa shape index (κ3) is 5.00. The van der Waals surface area contributed by atoms with Gasteiger partial charge in [-0.3, -0.25) is 4.79 Å². The molecular formula is C24H25ClF3NO. The lowest BCUT2D eigenvalue weighted by molar-refractivity contribution is -0.178. The van der Waals surface area contributed by atoms with Crippen LogP contribution in [0.5, 0.6) is 0 Å². The van der Waals surface area contributed by atoms with Gasteiger partial charge in [0.25, 0.3) is 0 Å². The van der Waals surface area contributed by atoms with Gasteiger partial charge in [-0.25, -0.2) is 0 Å². The molecule has 1 amide bonds. The average molecular weight is 436 g/mol. The third-order valence-electron chi connectivity index (χ3n) is 6.14. The van der Waals surface area contributed by atoms with Gasteiger partial charge < -0.3 is 5.32 Å². The number of nitrogens with one attached hydrogen (secondary N) is 1. The molecule has 0 spiro atoms. The second-order valence-electron chi connectivity index (χ2n) is 8.69. The van der Waals surface area contributed by atoms with E-state index in [1.165, 1.54) is 37.1 Å². The summed E-state index contributed by atoms with van der Waals surface area (Å²) < 4.78 is 40.8. The second-order valence-corrected chi connectivity index (χ2v) is 9.13. The van der Waals surface area contributed by atoms with E-state index in [9.17, 15) is 18.0 Å². The number of carbonyl (C=O) groups excluding carboxylic acids is 1. The Balaban J connectivity index is 1.63. The zero-order valence-electron chi connectivity index (χ0n) is 16.8. The van der Waals surface area contributed by atoms with Crippen LogP contribution in [0.25, 0.3) is 0 Å². The Labute approximate surface area is 179 Å². The minimum absolute atomic E-state index is 0.309. The van der Waals surface area contributed by atoms with Gasteiger partial charge in [0.2, 0.25) is 5.91 Å². The monoisotopic (exact) mass is 435 g/mol. The molecule has 2 aliphatic rings. The van der Waals surface area contributed by atoms with Crippen molar-refractivity contribution in [2.75, 3.05) is 5.32 Å². The molecule has 0 aliphatic heterocycles. The van der Waals surface area contributed by atoms with Crippen molar-refractivity contribution in [1.29, 1.82) is 0 Å². The van der Waals surface area contributed by atoms with E-state index in [0.717, 1.165) is 37.3 Å². The molecule has 2 atom stereocenters. The average Bonchev–Trinajstić information content (AvgIpc) is 3.58. The lowest BCUT2D eigenvalue weighted by Gasteiger charge is -2.26. The molecule has 2 aliphatic carbocycles. The zero-order valence-corrected chi connectivity index (χ0v) is 17.6. The first-order valence-corrected chi connectivity index (χ1v) is 10.9. The summed E-state index contributed by atoms with van der Waals surface area (Å²) in [6.45, 7) is 1.06. The number of hydrogen-bond donors (Lipinski definition) is 1. The Kier molecular flexibility index (Phi) is 5.84. The summed E-state index contributed by atoms with van der Waals surface area (Å²) in [5, 5.41) is 3.28. The number of amides is 1. The molecule has 0 unspecified atom stereocenters. The van der Waals surface area contributed by atoms with Crippen molar-refractivity contribution >= 4 is 23.2 Å². The van der Waals surface area contributed by atoms with Gasteiger partial charge in [0.15, 0.2) is 0 Å². The highest BCUT2D eigenvalue weighted by Gasteiger charge is 2.45. The number of hydrogen-bond acceptors (Lipinski definition) is 1. The smallest absolute Gasteiger partial charge is 0.325 e. The van der Waals surface area contributed by atoms with Crippen LogP contribution < -0.4 is 5.32 Å². The Morgan fingerprint density at radius 2 is 1.77 bits per heavy atom. The van der Waals surface area contributed by atoms with E-state index >= 15 is 0 Å². The minimum Gasteiger partial charge on any atom is -0.325 e. The molecule has 0 saturated heterocycles. The topological polar surface area (TPSA) is 29.1 Å². The maximum absolute atomic E-state index is 13.6. The Morgan fingerprint density at radius 3 is 2.33 bits per heavy atom. The fourth-order valence-electron chi connectivity index (χ4n) is 3.98. The van der Waals surface area contributed by atoms with Crippen LogP contribution in [0.2, 0.25) is 5.02 Å². The van der Waals surface area contributed by atoms with E-state index < -0.39 is 23.9 Å². The first kappa shape index (κ1) is 21.2.